The van der Waals surface area contributed by atoms with E-state index in [-0.39, 0.29) is 11.6 Å². The van der Waals surface area contributed by atoms with Gasteiger partial charge in [0.15, 0.2) is 0 Å². The second kappa shape index (κ2) is 8.35. The molecule has 0 aromatic heterocycles. The quantitative estimate of drug-likeness (QED) is 0.791. The van der Waals surface area contributed by atoms with Crippen LogP contribution in [0, 0.1) is 11.3 Å². The Bertz CT molecular complexity index is 698. The van der Waals surface area contributed by atoms with Crippen LogP contribution in [0.4, 0.5) is 0 Å². The molecule has 26 heavy (non-hydrogen) atoms. The summed E-state index contributed by atoms with van der Waals surface area (Å²) >= 11 is 0. The van der Waals surface area contributed by atoms with Gasteiger partial charge >= 0.3 is 5.97 Å². The highest BCUT2D eigenvalue weighted by Gasteiger charge is 2.38. The first-order chi connectivity index (χ1) is 12.6. The number of ether oxygens (including phenoxy) is 1. The van der Waals surface area contributed by atoms with E-state index in [1.165, 1.54) is 0 Å². The first kappa shape index (κ1) is 18.4. The standard InChI is InChI=1S/C20H25N3O3/c1-2-25-19(24)4-3-11-23-12-9-20(10-13-23)14-18(22-26-20)17-7-5-16(15-21)6-8-17/h5-8,14,22H,2-4,9-13H2,1H3. The van der Waals surface area contributed by atoms with Gasteiger partial charge in [-0.15, -0.1) is 0 Å². The molecule has 6 heteroatoms. The zero-order valence-corrected chi connectivity index (χ0v) is 15.2. The second-order valence-electron chi connectivity index (χ2n) is 6.77. The maximum Gasteiger partial charge on any atom is 0.305 e. The third-order valence-electron chi connectivity index (χ3n) is 4.96. The summed E-state index contributed by atoms with van der Waals surface area (Å²) in [5.74, 6) is -0.112. The summed E-state index contributed by atoms with van der Waals surface area (Å²) in [7, 11) is 0. The van der Waals surface area contributed by atoms with Gasteiger partial charge in [0.25, 0.3) is 0 Å². The van der Waals surface area contributed by atoms with Crippen LogP contribution >= 0.6 is 0 Å². The van der Waals surface area contributed by atoms with Crippen molar-refractivity contribution in [3.05, 3.63) is 41.5 Å². The molecule has 1 N–H and O–H groups in total. The van der Waals surface area contributed by atoms with Gasteiger partial charge in [-0.3, -0.25) is 15.1 Å². The van der Waals surface area contributed by atoms with Gasteiger partial charge in [-0.2, -0.15) is 5.26 Å². The molecule has 6 nitrogen and oxygen atoms in total. The van der Waals surface area contributed by atoms with Crippen LogP contribution in [0.3, 0.4) is 0 Å². The van der Waals surface area contributed by atoms with Crippen molar-refractivity contribution in [2.45, 2.75) is 38.2 Å². The van der Waals surface area contributed by atoms with Crippen molar-refractivity contribution in [3.63, 3.8) is 0 Å². The predicted octanol–water partition coefficient (Wildman–Crippen LogP) is 2.61. The molecule has 3 rings (SSSR count). The Morgan fingerprint density at radius 3 is 2.73 bits per heavy atom. The minimum Gasteiger partial charge on any atom is -0.466 e. The number of carbonyl (C=O) groups excluding carboxylic acids is 1. The fourth-order valence-electron chi connectivity index (χ4n) is 3.43. The van der Waals surface area contributed by atoms with Crippen LogP contribution < -0.4 is 5.48 Å². The van der Waals surface area contributed by atoms with Crippen LogP contribution in [-0.2, 0) is 14.4 Å². The Hall–Kier alpha value is -2.36. The number of nitriles is 1. The lowest BCUT2D eigenvalue weighted by atomic mass is 9.90. The zero-order chi connectivity index (χ0) is 18.4. The molecule has 1 aromatic rings. The number of hydroxylamine groups is 1. The largest absolute Gasteiger partial charge is 0.466 e. The Kier molecular flexibility index (Phi) is 5.92. The van der Waals surface area contributed by atoms with Gasteiger partial charge in [0, 0.05) is 19.5 Å². The number of carbonyl (C=O) groups is 1. The lowest BCUT2D eigenvalue weighted by molar-refractivity contribution is -0.143. The van der Waals surface area contributed by atoms with Crippen LogP contribution in [0.15, 0.2) is 30.3 Å². The maximum absolute atomic E-state index is 11.4. The van der Waals surface area contributed by atoms with Gasteiger partial charge in [0.1, 0.15) is 5.60 Å². The minimum absolute atomic E-state index is 0.112. The summed E-state index contributed by atoms with van der Waals surface area (Å²) in [6.07, 6.45) is 5.32. The molecule has 0 amide bonds. The topological polar surface area (TPSA) is 74.6 Å². The molecule has 0 atom stereocenters. The number of nitrogens with one attached hydrogen (secondary N) is 1. The Balaban J connectivity index is 1.50. The van der Waals surface area contributed by atoms with E-state index in [2.05, 4.69) is 22.5 Å². The van der Waals surface area contributed by atoms with Crippen LogP contribution in [0.25, 0.3) is 5.70 Å². The van der Waals surface area contributed by atoms with Crippen LogP contribution in [0.5, 0.6) is 0 Å². The number of nitrogens with zero attached hydrogens (tertiary/aromatic N) is 2. The summed E-state index contributed by atoms with van der Waals surface area (Å²) < 4.78 is 4.96. The van der Waals surface area contributed by atoms with E-state index in [0.29, 0.717) is 18.6 Å². The van der Waals surface area contributed by atoms with Crippen molar-refractivity contribution < 1.29 is 14.4 Å². The summed E-state index contributed by atoms with van der Waals surface area (Å²) in [6.45, 7) is 5.08. The molecule has 1 spiro atoms. The van der Waals surface area contributed by atoms with E-state index in [9.17, 15) is 4.79 Å². The Morgan fingerprint density at radius 2 is 2.08 bits per heavy atom. The monoisotopic (exact) mass is 355 g/mol. The Labute approximate surface area is 154 Å². The Morgan fingerprint density at radius 1 is 1.35 bits per heavy atom. The van der Waals surface area contributed by atoms with E-state index < -0.39 is 0 Å². The highest BCUT2D eigenvalue weighted by Crippen LogP contribution is 2.34. The first-order valence-corrected chi connectivity index (χ1v) is 9.19. The third kappa shape index (κ3) is 4.43. The van der Waals surface area contributed by atoms with Gasteiger partial charge < -0.3 is 9.64 Å². The molecular formula is C20H25N3O3. The molecule has 138 valence electrons. The molecule has 2 heterocycles. The second-order valence-corrected chi connectivity index (χ2v) is 6.77. The average molecular weight is 355 g/mol. The van der Waals surface area contributed by atoms with Crippen molar-refractivity contribution in [1.82, 2.24) is 10.4 Å². The van der Waals surface area contributed by atoms with Crippen LogP contribution in [0.1, 0.15) is 43.7 Å². The van der Waals surface area contributed by atoms with Crippen molar-refractivity contribution in [1.29, 1.82) is 5.26 Å². The molecule has 1 aromatic carbocycles. The molecule has 0 aliphatic carbocycles. The van der Waals surface area contributed by atoms with Crippen molar-refractivity contribution in [3.8, 4) is 6.07 Å². The molecule has 0 unspecified atom stereocenters. The molecule has 1 saturated heterocycles. The summed E-state index contributed by atoms with van der Waals surface area (Å²) in [5, 5.41) is 8.90. The van der Waals surface area contributed by atoms with E-state index in [1.807, 2.05) is 31.2 Å². The molecule has 0 bridgehead atoms. The smallest absolute Gasteiger partial charge is 0.305 e. The fourth-order valence-corrected chi connectivity index (χ4v) is 3.43. The first-order valence-electron chi connectivity index (χ1n) is 9.19. The maximum atomic E-state index is 11.4. The predicted molar refractivity (Wildman–Crippen MR) is 97.6 cm³/mol. The van der Waals surface area contributed by atoms with Gasteiger partial charge in [-0.25, -0.2) is 0 Å². The fraction of sp³-hybridized carbons (Fsp3) is 0.500. The molecule has 0 saturated carbocycles. The number of piperidine rings is 1. The molecular weight excluding hydrogens is 330 g/mol. The lowest BCUT2D eigenvalue weighted by Crippen LogP contribution is -2.44. The molecule has 2 aliphatic heterocycles. The lowest BCUT2D eigenvalue weighted by Gasteiger charge is -2.36. The number of rotatable bonds is 6. The summed E-state index contributed by atoms with van der Waals surface area (Å²) in [6, 6.07) is 9.63. The van der Waals surface area contributed by atoms with Crippen LogP contribution in [-0.4, -0.2) is 42.7 Å². The highest BCUT2D eigenvalue weighted by atomic mass is 16.7. The van der Waals surface area contributed by atoms with Gasteiger partial charge in [-0.05, 0) is 56.5 Å². The summed E-state index contributed by atoms with van der Waals surface area (Å²) in [4.78, 5) is 19.7. The van der Waals surface area contributed by atoms with Crippen molar-refractivity contribution >= 4 is 11.7 Å². The number of esters is 1. The average Bonchev–Trinajstić information content (AvgIpc) is 3.08. The molecule has 1 fully saturated rings. The van der Waals surface area contributed by atoms with E-state index >= 15 is 0 Å². The van der Waals surface area contributed by atoms with Gasteiger partial charge in [-0.1, -0.05) is 12.1 Å². The third-order valence-corrected chi connectivity index (χ3v) is 4.96. The highest BCUT2D eigenvalue weighted by molar-refractivity contribution is 5.69. The number of likely N-dealkylation sites (tertiary alicyclic amines) is 1. The zero-order valence-electron chi connectivity index (χ0n) is 15.2. The number of benzene rings is 1. The van der Waals surface area contributed by atoms with Crippen molar-refractivity contribution in [2.75, 3.05) is 26.2 Å². The SMILES string of the molecule is CCOC(=O)CCCN1CCC2(C=C(c3ccc(C#N)cc3)NO2)CC1. The van der Waals surface area contributed by atoms with Gasteiger partial charge in [0.05, 0.1) is 23.9 Å². The van der Waals surface area contributed by atoms with Crippen LogP contribution in [0.2, 0.25) is 0 Å². The van der Waals surface area contributed by atoms with E-state index in [1.54, 1.807) is 0 Å². The van der Waals surface area contributed by atoms with E-state index in [0.717, 1.165) is 50.2 Å². The van der Waals surface area contributed by atoms with E-state index in [4.69, 9.17) is 14.8 Å². The minimum atomic E-state index is -0.263. The summed E-state index contributed by atoms with van der Waals surface area (Å²) in [5.41, 5.74) is 5.43. The van der Waals surface area contributed by atoms with Gasteiger partial charge in [0.2, 0.25) is 0 Å². The number of hydrogen-bond donors (Lipinski definition) is 1. The molecule has 2 aliphatic rings. The molecule has 0 radical (unpaired) electrons. The normalized spacial score (nSPS) is 18.8. The number of hydrogen-bond acceptors (Lipinski definition) is 6. The van der Waals surface area contributed by atoms with Crippen molar-refractivity contribution in [2.24, 2.45) is 0 Å².